The lowest BCUT2D eigenvalue weighted by molar-refractivity contribution is 0.172. The smallest absolute Gasteiger partial charge is 0.132 e. The van der Waals surface area contributed by atoms with Crippen LogP contribution in [0.15, 0.2) is 12.1 Å². The van der Waals surface area contributed by atoms with Gasteiger partial charge in [0, 0.05) is 12.1 Å². The minimum Gasteiger partial charge on any atom is -0.508 e. The molecule has 1 rings (SSSR count). The van der Waals surface area contributed by atoms with Crippen LogP contribution in [0.3, 0.4) is 0 Å². The molecule has 3 nitrogen and oxygen atoms in total. The average molecular weight is 199 g/mol. The van der Waals surface area contributed by atoms with Gasteiger partial charge in [-0.1, -0.05) is 0 Å². The number of hydrogen-bond acceptors (Lipinski definition) is 3. The molecule has 14 heavy (non-hydrogen) atoms. The zero-order valence-corrected chi connectivity index (χ0v) is 8.21. The highest BCUT2D eigenvalue weighted by molar-refractivity contribution is 5.35. The number of rotatable bonds is 3. The van der Waals surface area contributed by atoms with Crippen LogP contribution >= 0.6 is 0 Å². The first-order valence-corrected chi connectivity index (χ1v) is 4.38. The predicted molar refractivity (Wildman–Crippen MR) is 51.7 cm³/mol. The fraction of sp³-hybridized carbons (Fsp3) is 0.400. The maximum absolute atomic E-state index is 13.5. The van der Waals surface area contributed by atoms with Gasteiger partial charge in [0.25, 0.3) is 0 Å². The van der Waals surface area contributed by atoms with Gasteiger partial charge in [0.2, 0.25) is 0 Å². The van der Waals surface area contributed by atoms with Crippen LogP contribution in [0.1, 0.15) is 17.2 Å². The third kappa shape index (κ3) is 2.21. The summed E-state index contributed by atoms with van der Waals surface area (Å²) < 4.78 is 13.5. The van der Waals surface area contributed by atoms with E-state index in [-0.39, 0.29) is 17.9 Å². The molecule has 0 aromatic heterocycles. The van der Waals surface area contributed by atoms with E-state index < -0.39 is 11.9 Å². The second kappa shape index (κ2) is 4.39. The molecule has 0 amide bonds. The molecule has 3 N–H and O–H groups in total. The maximum atomic E-state index is 13.5. The van der Waals surface area contributed by atoms with Crippen LogP contribution in [0.2, 0.25) is 0 Å². The first kappa shape index (κ1) is 10.9. The van der Waals surface area contributed by atoms with E-state index in [4.69, 9.17) is 0 Å². The van der Waals surface area contributed by atoms with Gasteiger partial charge in [0.1, 0.15) is 11.6 Å². The zero-order valence-electron chi connectivity index (χ0n) is 8.21. The normalized spacial score (nSPS) is 12.9. The molecule has 1 atom stereocenters. The van der Waals surface area contributed by atoms with E-state index in [2.05, 4.69) is 5.32 Å². The number of phenols is 1. The summed E-state index contributed by atoms with van der Waals surface area (Å²) in [5.41, 5.74) is 0.451. The summed E-state index contributed by atoms with van der Waals surface area (Å²) in [6, 6.07) is 2.56. The SMILES string of the molecule is CNCC(O)c1cc(O)cc(C)c1F. The van der Waals surface area contributed by atoms with Gasteiger partial charge in [0.15, 0.2) is 0 Å². The quantitative estimate of drug-likeness (QED) is 0.683. The van der Waals surface area contributed by atoms with Crippen molar-refractivity contribution in [3.05, 3.63) is 29.1 Å². The van der Waals surface area contributed by atoms with E-state index in [1.807, 2.05) is 0 Å². The number of hydrogen-bond donors (Lipinski definition) is 3. The first-order chi connectivity index (χ1) is 6.56. The van der Waals surface area contributed by atoms with Crippen LogP contribution in [0.25, 0.3) is 0 Å². The second-order valence-electron chi connectivity index (χ2n) is 3.24. The third-order valence-electron chi connectivity index (χ3n) is 2.02. The molecule has 0 heterocycles. The van der Waals surface area contributed by atoms with Crippen molar-refractivity contribution in [2.45, 2.75) is 13.0 Å². The average Bonchev–Trinajstić information content (AvgIpc) is 2.11. The summed E-state index contributed by atoms with van der Waals surface area (Å²) >= 11 is 0. The Bertz CT molecular complexity index is 328. The molecule has 0 aliphatic heterocycles. The Morgan fingerprint density at radius 2 is 2.14 bits per heavy atom. The predicted octanol–water partition coefficient (Wildman–Crippen LogP) is 1.09. The molecule has 0 saturated heterocycles. The largest absolute Gasteiger partial charge is 0.508 e. The molecular weight excluding hydrogens is 185 g/mol. The summed E-state index contributed by atoms with van der Waals surface area (Å²) in [5.74, 6) is -0.500. The molecule has 0 spiro atoms. The van der Waals surface area contributed by atoms with Crippen molar-refractivity contribution in [1.82, 2.24) is 5.32 Å². The molecule has 0 fully saturated rings. The molecule has 4 heteroatoms. The Labute approximate surface area is 82.2 Å². The summed E-state index contributed by atoms with van der Waals surface area (Å²) in [7, 11) is 1.66. The Morgan fingerprint density at radius 3 is 2.71 bits per heavy atom. The molecule has 1 aromatic carbocycles. The van der Waals surface area contributed by atoms with Gasteiger partial charge in [-0.05, 0) is 31.7 Å². The molecule has 1 aromatic rings. The highest BCUT2D eigenvalue weighted by Crippen LogP contribution is 2.24. The Hall–Kier alpha value is -1.13. The first-order valence-electron chi connectivity index (χ1n) is 4.38. The van der Waals surface area contributed by atoms with Gasteiger partial charge in [0.05, 0.1) is 6.10 Å². The van der Waals surface area contributed by atoms with E-state index in [9.17, 15) is 14.6 Å². The zero-order chi connectivity index (χ0) is 10.7. The van der Waals surface area contributed by atoms with Gasteiger partial charge >= 0.3 is 0 Å². The van der Waals surface area contributed by atoms with Crippen LogP contribution in [0.4, 0.5) is 4.39 Å². The van der Waals surface area contributed by atoms with Gasteiger partial charge in [-0.25, -0.2) is 4.39 Å². The maximum Gasteiger partial charge on any atom is 0.132 e. The second-order valence-corrected chi connectivity index (χ2v) is 3.24. The lowest BCUT2D eigenvalue weighted by atomic mass is 10.0. The topological polar surface area (TPSA) is 52.5 Å². The monoisotopic (exact) mass is 199 g/mol. The van der Waals surface area contributed by atoms with Crippen molar-refractivity contribution >= 4 is 0 Å². The molecule has 78 valence electrons. The Balaban J connectivity index is 3.07. The lowest BCUT2D eigenvalue weighted by Crippen LogP contribution is -2.17. The molecular formula is C10H14FNO2. The van der Waals surface area contributed by atoms with E-state index in [0.717, 1.165) is 0 Å². The van der Waals surface area contributed by atoms with Crippen molar-refractivity contribution in [2.75, 3.05) is 13.6 Å². The lowest BCUT2D eigenvalue weighted by Gasteiger charge is -2.13. The highest BCUT2D eigenvalue weighted by Gasteiger charge is 2.14. The van der Waals surface area contributed by atoms with Gasteiger partial charge < -0.3 is 15.5 Å². The van der Waals surface area contributed by atoms with Crippen molar-refractivity contribution in [3.8, 4) is 5.75 Å². The number of nitrogens with one attached hydrogen (secondary N) is 1. The summed E-state index contributed by atoms with van der Waals surface area (Å²) in [5, 5.41) is 21.5. The number of benzene rings is 1. The Kier molecular flexibility index (Phi) is 3.43. The molecule has 0 saturated carbocycles. The number of aliphatic hydroxyl groups excluding tert-OH is 1. The van der Waals surface area contributed by atoms with Crippen LogP contribution in [0.5, 0.6) is 5.75 Å². The van der Waals surface area contributed by atoms with Crippen LogP contribution in [-0.4, -0.2) is 23.8 Å². The van der Waals surface area contributed by atoms with Gasteiger partial charge in [-0.15, -0.1) is 0 Å². The molecule has 0 bridgehead atoms. The standard InChI is InChI=1S/C10H14FNO2/c1-6-3-7(13)4-8(10(6)11)9(14)5-12-2/h3-4,9,12-14H,5H2,1-2H3. The number of phenolic OH excluding ortho intramolecular Hbond substituents is 1. The van der Waals surface area contributed by atoms with Gasteiger partial charge in [-0.3, -0.25) is 0 Å². The number of aryl methyl sites for hydroxylation is 1. The summed E-state index contributed by atoms with van der Waals surface area (Å²) in [6.45, 7) is 1.80. The minimum atomic E-state index is -0.939. The molecule has 0 aliphatic rings. The van der Waals surface area contributed by atoms with Crippen LogP contribution < -0.4 is 5.32 Å². The van der Waals surface area contributed by atoms with Crippen LogP contribution in [0, 0.1) is 12.7 Å². The molecule has 0 aliphatic carbocycles. The minimum absolute atomic E-state index is 0.0333. The number of aromatic hydroxyl groups is 1. The number of halogens is 1. The highest BCUT2D eigenvalue weighted by atomic mass is 19.1. The molecule has 0 radical (unpaired) electrons. The summed E-state index contributed by atoms with van der Waals surface area (Å²) in [4.78, 5) is 0. The van der Waals surface area contributed by atoms with Crippen molar-refractivity contribution in [1.29, 1.82) is 0 Å². The van der Waals surface area contributed by atoms with Crippen molar-refractivity contribution < 1.29 is 14.6 Å². The van der Waals surface area contributed by atoms with Crippen LogP contribution in [-0.2, 0) is 0 Å². The van der Waals surface area contributed by atoms with E-state index >= 15 is 0 Å². The fourth-order valence-electron chi connectivity index (χ4n) is 1.32. The van der Waals surface area contributed by atoms with E-state index in [1.165, 1.54) is 12.1 Å². The van der Waals surface area contributed by atoms with E-state index in [1.54, 1.807) is 14.0 Å². The van der Waals surface area contributed by atoms with Gasteiger partial charge in [-0.2, -0.15) is 0 Å². The van der Waals surface area contributed by atoms with Crippen molar-refractivity contribution in [2.24, 2.45) is 0 Å². The number of likely N-dealkylation sites (N-methyl/N-ethyl adjacent to an activating group) is 1. The fourth-order valence-corrected chi connectivity index (χ4v) is 1.32. The van der Waals surface area contributed by atoms with E-state index in [0.29, 0.717) is 5.56 Å². The van der Waals surface area contributed by atoms with Crippen molar-refractivity contribution in [3.63, 3.8) is 0 Å². The Morgan fingerprint density at radius 1 is 1.50 bits per heavy atom. The molecule has 1 unspecified atom stereocenters. The summed E-state index contributed by atoms with van der Waals surface area (Å²) in [6.07, 6.45) is -0.939. The number of aliphatic hydroxyl groups is 1. The third-order valence-corrected chi connectivity index (χ3v) is 2.02.